The second kappa shape index (κ2) is 9.50. The Bertz CT molecular complexity index is 810. The van der Waals surface area contributed by atoms with Gasteiger partial charge in [0.1, 0.15) is 17.0 Å². The van der Waals surface area contributed by atoms with E-state index in [1.54, 1.807) is 0 Å². The molecular formula is C14H14F4N6O3. The molecule has 0 heterocycles. The molecule has 0 aliphatic carbocycles. The number of amidine groups is 1. The van der Waals surface area contributed by atoms with Crippen LogP contribution in [0.1, 0.15) is 30.1 Å². The molecule has 0 aliphatic heterocycles. The molecule has 0 amide bonds. The van der Waals surface area contributed by atoms with Gasteiger partial charge < -0.3 is 16.2 Å². The summed E-state index contributed by atoms with van der Waals surface area (Å²) in [6.45, 7) is 1.27. The van der Waals surface area contributed by atoms with Crippen LogP contribution in [0.5, 0.6) is 0 Å². The van der Waals surface area contributed by atoms with Gasteiger partial charge in [-0.05, 0) is 25.3 Å². The second-order valence-electron chi connectivity index (χ2n) is 5.14. The van der Waals surface area contributed by atoms with Gasteiger partial charge in [-0.2, -0.15) is 0 Å². The number of ketones is 1. The van der Waals surface area contributed by atoms with Gasteiger partial charge in [-0.3, -0.25) is 4.79 Å². The van der Waals surface area contributed by atoms with Crippen molar-refractivity contribution in [3.63, 3.8) is 0 Å². The van der Waals surface area contributed by atoms with Crippen molar-refractivity contribution < 1.29 is 31.9 Å². The van der Waals surface area contributed by atoms with Gasteiger partial charge >= 0.3 is 5.97 Å². The van der Waals surface area contributed by atoms with E-state index in [9.17, 15) is 27.2 Å². The number of rotatable bonds is 7. The Labute approximate surface area is 149 Å². The number of nitrogens with two attached hydrogens (primary N) is 2. The Morgan fingerprint density at radius 3 is 2.22 bits per heavy atom. The van der Waals surface area contributed by atoms with Crippen LogP contribution in [-0.4, -0.2) is 30.4 Å². The molecule has 1 atom stereocenters. The molecule has 27 heavy (non-hydrogen) atoms. The van der Waals surface area contributed by atoms with E-state index in [0.717, 1.165) is 0 Å². The summed E-state index contributed by atoms with van der Waals surface area (Å²) >= 11 is 0. The van der Waals surface area contributed by atoms with Gasteiger partial charge in [-0.15, -0.1) is 0 Å². The molecular weight excluding hydrogens is 376 g/mol. The van der Waals surface area contributed by atoms with E-state index < -0.39 is 52.6 Å². The summed E-state index contributed by atoms with van der Waals surface area (Å²) < 4.78 is 59.2. The van der Waals surface area contributed by atoms with E-state index in [0.29, 0.717) is 0 Å². The Balaban J connectivity index is 2.93. The quantitative estimate of drug-likeness (QED) is 0.0841. The molecule has 1 aromatic rings. The standard InChI is InChI=1S/C14H14F4N6O3/c1-5(25)6(19)3-2-4-22-14(20)27-13(26)7-8(15)10(17)12(23-24-21)11(18)9(7)16/h6H,2-4,19H2,1H3,(H2,20,22). The highest BCUT2D eigenvalue weighted by atomic mass is 19.2. The van der Waals surface area contributed by atoms with Crippen LogP contribution in [0.15, 0.2) is 10.1 Å². The minimum atomic E-state index is -2.12. The lowest BCUT2D eigenvalue weighted by molar-refractivity contribution is -0.118. The second-order valence-corrected chi connectivity index (χ2v) is 5.14. The van der Waals surface area contributed by atoms with E-state index in [-0.39, 0.29) is 25.2 Å². The van der Waals surface area contributed by atoms with Crippen LogP contribution >= 0.6 is 0 Å². The maximum Gasteiger partial charge on any atom is 0.352 e. The Hall–Kier alpha value is -3.18. The fourth-order valence-corrected chi connectivity index (χ4v) is 1.81. The summed E-state index contributed by atoms with van der Waals surface area (Å²) in [6.07, 6.45) is 0.548. The third-order valence-corrected chi connectivity index (χ3v) is 3.25. The summed E-state index contributed by atoms with van der Waals surface area (Å²) in [5.74, 6) is -10.5. The number of azide groups is 1. The van der Waals surface area contributed by atoms with Crippen LogP contribution < -0.4 is 11.5 Å². The molecule has 4 N–H and O–H groups in total. The summed E-state index contributed by atoms with van der Waals surface area (Å²) in [5, 5.41) is 2.48. The molecule has 0 aliphatic rings. The molecule has 13 heteroatoms. The zero-order chi connectivity index (χ0) is 20.7. The molecule has 146 valence electrons. The van der Waals surface area contributed by atoms with E-state index in [2.05, 4.69) is 14.8 Å². The number of halogens is 4. The van der Waals surface area contributed by atoms with Crippen molar-refractivity contribution in [1.29, 1.82) is 0 Å². The van der Waals surface area contributed by atoms with Crippen molar-refractivity contribution in [3.05, 3.63) is 39.3 Å². The number of benzene rings is 1. The van der Waals surface area contributed by atoms with Crippen LogP contribution in [0.4, 0.5) is 23.2 Å². The zero-order valence-electron chi connectivity index (χ0n) is 13.9. The van der Waals surface area contributed by atoms with Crippen LogP contribution in [0.2, 0.25) is 0 Å². The Kier molecular flexibility index (Phi) is 7.69. The van der Waals surface area contributed by atoms with E-state index >= 15 is 0 Å². The fraction of sp³-hybridized carbons (Fsp3) is 0.357. The van der Waals surface area contributed by atoms with Crippen LogP contribution in [0, 0.1) is 23.3 Å². The lowest BCUT2D eigenvalue weighted by Crippen LogP contribution is -2.28. The number of hydrogen-bond acceptors (Lipinski definition) is 6. The summed E-state index contributed by atoms with van der Waals surface area (Å²) in [6, 6.07) is -1.53. The van der Waals surface area contributed by atoms with Gasteiger partial charge in [-0.1, -0.05) is 5.11 Å². The Morgan fingerprint density at radius 2 is 1.74 bits per heavy atom. The SMILES string of the molecule is CC(=O)C(N)CCCN=C(N)OC(=O)c1c(F)c(F)c(N=[N+]=[N-])c(F)c1F. The maximum absolute atomic E-state index is 13.8. The summed E-state index contributed by atoms with van der Waals surface area (Å²) in [7, 11) is 0. The van der Waals surface area contributed by atoms with Gasteiger partial charge in [-0.25, -0.2) is 27.3 Å². The maximum atomic E-state index is 13.8. The number of carbonyl (C=O) groups excluding carboxylic acids is 2. The molecule has 0 radical (unpaired) electrons. The molecule has 0 fully saturated rings. The number of nitrogens with zero attached hydrogens (tertiary/aromatic N) is 4. The Morgan fingerprint density at radius 1 is 1.19 bits per heavy atom. The molecule has 0 saturated carbocycles. The lowest BCUT2D eigenvalue weighted by Gasteiger charge is -2.09. The van der Waals surface area contributed by atoms with Crippen molar-refractivity contribution in [2.45, 2.75) is 25.8 Å². The molecule has 0 saturated heterocycles. The number of hydrogen-bond donors (Lipinski definition) is 2. The highest BCUT2D eigenvalue weighted by molar-refractivity contribution is 5.98. The first-order chi connectivity index (χ1) is 12.6. The van der Waals surface area contributed by atoms with E-state index in [1.807, 2.05) is 4.91 Å². The molecule has 0 bridgehead atoms. The summed E-state index contributed by atoms with van der Waals surface area (Å²) in [4.78, 5) is 28.3. The van der Waals surface area contributed by atoms with Gasteiger partial charge in [0.15, 0.2) is 23.3 Å². The third kappa shape index (κ3) is 5.39. The first kappa shape index (κ1) is 21.9. The smallest absolute Gasteiger partial charge is 0.352 e. The van der Waals surface area contributed by atoms with Crippen LogP contribution in [0.25, 0.3) is 10.4 Å². The van der Waals surface area contributed by atoms with E-state index in [1.165, 1.54) is 6.92 Å². The lowest BCUT2D eigenvalue weighted by atomic mass is 10.1. The van der Waals surface area contributed by atoms with E-state index in [4.69, 9.17) is 17.0 Å². The number of Topliss-reactive ketones (excluding diaryl/α,β-unsaturated/α-hetero) is 1. The van der Waals surface area contributed by atoms with Crippen molar-refractivity contribution in [3.8, 4) is 0 Å². The predicted molar refractivity (Wildman–Crippen MR) is 84.9 cm³/mol. The average molecular weight is 390 g/mol. The van der Waals surface area contributed by atoms with Crippen molar-refractivity contribution >= 4 is 23.5 Å². The topological polar surface area (TPSA) is 157 Å². The first-order valence-corrected chi connectivity index (χ1v) is 7.30. The van der Waals surface area contributed by atoms with Crippen LogP contribution in [-0.2, 0) is 9.53 Å². The molecule has 0 aromatic heterocycles. The van der Waals surface area contributed by atoms with Crippen molar-refractivity contribution in [2.24, 2.45) is 21.6 Å². The molecule has 0 spiro atoms. The minimum absolute atomic E-state index is 0.0381. The minimum Gasteiger partial charge on any atom is -0.389 e. The van der Waals surface area contributed by atoms with Crippen molar-refractivity contribution in [1.82, 2.24) is 0 Å². The summed E-state index contributed by atoms with van der Waals surface area (Å²) in [5.41, 5.74) is 15.6. The first-order valence-electron chi connectivity index (χ1n) is 7.30. The molecule has 1 rings (SSSR count). The largest absolute Gasteiger partial charge is 0.389 e. The number of carbonyl (C=O) groups is 2. The third-order valence-electron chi connectivity index (χ3n) is 3.25. The number of aliphatic imine (C=N–C) groups is 1. The highest BCUT2D eigenvalue weighted by Crippen LogP contribution is 2.30. The van der Waals surface area contributed by atoms with Gasteiger partial charge in [0.25, 0.3) is 6.02 Å². The molecule has 1 unspecified atom stereocenters. The van der Waals surface area contributed by atoms with Gasteiger partial charge in [0.05, 0.1) is 6.04 Å². The molecule has 9 nitrogen and oxygen atoms in total. The number of esters is 1. The normalized spacial score (nSPS) is 12.3. The van der Waals surface area contributed by atoms with Crippen molar-refractivity contribution in [2.75, 3.05) is 6.54 Å². The predicted octanol–water partition coefficient (Wildman–Crippen LogP) is 2.35. The van der Waals surface area contributed by atoms with Gasteiger partial charge in [0.2, 0.25) is 0 Å². The number of ether oxygens (including phenoxy) is 1. The van der Waals surface area contributed by atoms with Crippen LogP contribution in [0.3, 0.4) is 0 Å². The monoisotopic (exact) mass is 390 g/mol. The highest BCUT2D eigenvalue weighted by Gasteiger charge is 2.30. The molecule has 1 aromatic carbocycles. The fourth-order valence-electron chi connectivity index (χ4n) is 1.81. The zero-order valence-corrected chi connectivity index (χ0v) is 13.9. The van der Waals surface area contributed by atoms with Gasteiger partial charge in [0, 0.05) is 11.5 Å². The average Bonchev–Trinajstić information content (AvgIpc) is 2.60.